The van der Waals surface area contributed by atoms with Gasteiger partial charge in [0.05, 0.1) is 24.9 Å². The van der Waals surface area contributed by atoms with Crippen molar-refractivity contribution in [1.29, 1.82) is 0 Å². The van der Waals surface area contributed by atoms with Gasteiger partial charge in [-0.1, -0.05) is 31.7 Å². The Kier molecular flexibility index (Phi) is 4.93. The SMILES string of the molecule is C[C@]1(C(=O)NC2CCCCCC2)Cn2c(cc3occc32)C(=O)N1Cc1cccs1. The van der Waals surface area contributed by atoms with Crippen LogP contribution in [0.4, 0.5) is 0 Å². The highest BCUT2D eigenvalue weighted by atomic mass is 32.1. The Morgan fingerprint density at radius 1 is 1.27 bits per heavy atom. The van der Waals surface area contributed by atoms with Gasteiger partial charge in [0.25, 0.3) is 5.91 Å². The van der Waals surface area contributed by atoms with Gasteiger partial charge in [-0.15, -0.1) is 11.3 Å². The molecule has 1 atom stereocenters. The summed E-state index contributed by atoms with van der Waals surface area (Å²) in [5, 5.41) is 5.30. The van der Waals surface area contributed by atoms with Crippen LogP contribution in [0.25, 0.3) is 11.1 Å². The molecule has 6 nitrogen and oxygen atoms in total. The molecule has 0 saturated heterocycles. The molecule has 7 heteroatoms. The van der Waals surface area contributed by atoms with E-state index in [1.165, 1.54) is 12.8 Å². The fourth-order valence-corrected chi connectivity index (χ4v) is 5.54. The van der Waals surface area contributed by atoms with Crippen LogP contribution in [0.1, 0.15) is 60.8 Å². The van der Waals surface area contributed by atoms with Crippen molar-refractivity contribution in [2.45, 2.75) is 70.1 Å². The van der Waals surface area contributed by atoms with E-state index in [2.05, 4.69) is 5.32 Å². The van der Waals surface area contributed by atoms with Gasteiger partial charge in [0.1, 0.15) is 11.2 Å². The minimum atomic E-state index is -0.969. The number of hydrogen-bond acceptors (Lipinski definition) is 4. The summed E-state index contributed by atoms with van der Waals surface area (Å²) in [5.41, 5.74) is 1.16. The minimum absolute atomic E-state index is 0.0599. The van der Waals surface area contributed by atoms with Gasteiger partial charge < -0.3 is 19.2 Å². The average molecular weight is 426 g/mol. The largest absolute Gasteiger partial charge is 0.463 e. The predicted octanol–water partition coefficient (Wildman–Crippen LogP) is 4.55. The van der Waals surface area contributed by atoms with Crippen LogP contribution in [0.5, 0.6) is 0 Å². The van der Waals surface area contributed by atoms with E-state index in [0.717, 1.165) is 36.1 Å². The number of nitrogens with one attached hydrogen (secondary N) is 1. The van der Waals surface area contributed by atoms with E-state index in [1.54, 1.807) is 28.6 Å². The number of hydrogen-bond donors (Lipinski definition) is 1. The lowest BCUT2D eigenvalue weighted by Crippen LogP contribution is -2.64. The van der Waals surface area contributed by atoms with E-state index in [4.69, 9.17) is 4.42 Å². The van der Waals surface area contributed by atoms with Crippen LogP contribution >= 0.6 is 11.3 Å². The highest BCUT2D eigenvalue weighted by Crippen LogP contribution is 2.34. The van der Waals surface area contributed by atoms with Crippen molar-refractivity contribution in [3.05, 3.63) is 46.5 Å². The maximum atomic E-state index is 13.7. The summed E-state index contributed by atoms with van der Waals surface area (Å²) in [4.78, 5) is 30.0. The zero-order valence-corrected chi connectivity index (χ0v) is 18.0. The number of rotatable bonds is 4. The van der Waals surface area contributed by atoms with Crippen molar-refractivity contribution in [3.63, 3.8) is 0 Å². The number of thiophene rings is 1. The van der Waals surface area contributed by atoms with Crippen LogP contribution < -0.4 is 5.32 Å². The Morgan fingerprint density at radius 2 is 2.07 bits per heavy atom. The summed E-state index contributed by atoms with van der Waals surface area (Å²) in [7, 11) is 0. The van der Waals surface area contributed by atoms with Gasteiger partial charge in [0.2, 0.25) is 5.91 Å². The summed E-state index contributed by atoms with van der Waals surface area (Å²) in [5.74, 6) is -0.185. The molecule has 3 aromatic heterocycles. The first-order chi connectivity index (χ1) is 14.6. The van der Waals surface area contributed by atoms with Crippen LogP contribution in [-0.2, 0) is 17.9 Å². The van der Waals surface area contributed by atoms with Gasteiger partial charge >= 0.3 is 0 Å². The van der Waals surface area contributed by atoms with E-state index in [1.807, 2.05) is 35.1 Å². The molecule has 5 rings (SSSR count). The molecular formula is C23H27N3O3S. The molecular weight excluding hydrogens is 398 g/mol. The van der Waals surface area contributed by atoms with Gasteiger partial charge in [-0.05, 0) is 31.2 Å². The molecule has 1 aliphatic heterocycles. The Hall–Kier alpha value is -2.54. The molecule has 3 aromatic rings. The smallest absolute Gasteiger partial charge is 0.271 e. The predicted molar refractivity (Wildman–Crippen MR) is 116 cm³/mol. The van der Waals surface area contributed by atoms with Gasteiger partial charge in [-0.2, -0.15) is 0 Å². The number of carbonyl (C=O) groups is 2. The standard InChI is InChI=1S/C23H27N3O3S/c1-23(22(28)24-16-7-4-2-3-5-8-16)15-25-18-10-11-29-20(18)13-19(25)21(27)26(23)14-17-9-6-12-30-17/h6,9-13,16H,2-5,7-8,14-15H2,1H3,(H,24,28)/t23-/m1/s1. The third kappa shape index (κ3) is 3.25. The van der Waals surface area contributed by atoms with Crippen LogP contribution in [0.15, 0.2) is 40.3 Å². The summed E-state index contributed by atoms with van der Waals surface area (Å²) in [6.45, 7) is 2.75. The van der Waals surface area contributed by atoms with Crippen LogP contribution in [0, 0.1) is 0 Å². The topological polar surface area (TPSA) is 67.5 Å². The molecule has 158 valence electrons. The quantitative estimate of drug-likeness (QED) is 0.624. The lowest BCUT2D eigenvalue weighted by atomic mass is 9.93. The maximum Gasteiger partial charge on any atom is 0.271 e. The number of carbonyl (C=O) groups excluding carboxylic acids is 2. The number of nitrogens with zero attached hydrogens (tertiary/aromatic N) is 2. The summed E-state index contributed by atoms with van der Waals surface area (Å²) in [6, 6.07) is 7.84. The second-order valence-electron chi connectivity index (χ2n) is 8.69. The number of amides is 2. The summed E-state index contributed by atoms with van der Waals surface area (Å²) >= 11 is 1.61. The molecule has 0 unspecified atom stereocenters. The maximum absolute atomic E-state index is 13.7. The summed E-state index contributed by atoms with van der Waals surface area (Å²) in [6.07, 6.45) is 8.43. The molecule has 0 aromatic carbocycles. The van der Waals surface area contributed by atoms with Crippen molar-refractivity contribution < 1.29 is 14.0 Å². The van der Waals surface area contributed by atoms with Crippen molar-refractivity contribution in [2.75, 3.05) is 0 Å². The second kappa shape index (κ2) is 7.61. The zero-order chi connectivity index (χ0) is 20.7. The second-order valence-corrected chi connectivity index (χ2v) is 9.72. The van der Waals surface area contributed by atoms with Crippen LogP contribution in [0.2, 0.25) is 0 Å². The molecule has 0 spiro atoms. The average Bonchev–Trinajstić information content (AvgIpc) is 3.42. The van der Waals surface area contributed by atoms with E-state index in [0.29, 0.717) is 24.4 Å². The lowest BCUT2D eigenvalue weighted by Gasteiger charge is -2.44. The monoisotopic (exact) mass is 425 g/mol. The van der Waals surface area contributed by atoms with Gasteiger partial charge in [-0.25, -0.2) is 0 Å². The first-order valence-corrected chi connectivity index (χ1v) is 11.7. The number of aromatic nitrogens is 1. The fourth-order valence-electron chi connectivity index (χ4n) is 4.84. The Morgan fingerprint density at radius 3 is 2.80 bits per heavy atom. The minimum Gasteiger partial charge on any atom is -0.463 e. The third-order valence-corrected chi connectivity index (χ3v) is 7.48. The van der Waals surface area contributed by atoms with E-state index >= 15 is 0 Å². The third-order valence-electron chi connectivity index (χ3n) is 6.62. The fraction of sp³-hybridized carbons (Fsp3) is 0.478. The van der Waals surface area contributed by atoms with E-state index < -0.39 is 5.54 Å². The molecule has 2 aliphatic rings. The first-order valence-electron chi connectivity index (χ1n) is 10.8. The summed E-state index contributed by atoms with van der Waals surface area (Å²) < 4.78 is 7.48. The van der Waals surface area contributed by atoms with Gasteiger partial charge in [0.15, 0.2) is 5.58 Å². The number of fused-ring (bicyclic) bond motifs is 3. The van der Waals surface area contributed by atoms with Crippen LogP contribution in [0.3, 0.4) is 0 Å². The Balaban J connectivity index is 1.51. The van der Waals surface area contributed by atoms with Crippen LogP contribution in [-0.4, -0.2) is 32.9 Å². The Bertz CT molecular complexity index is 1060. The molecule has 1 fully saturated rings. The normalized spacial score (nSPS) is 22.8. The molecule has 1 saturated carbocycles. The van der Waals surface area contributed by atoms with Crippen molar-refractivity contribution in [3.8, 4) is 0 Å². The number of furan rings is 1. The van der Waals surface area contributed by atoms with Gasteiger partial charge in [-0.3, -0.25) is 9.59 Å². The molecule has 1 N–H and O–H groups in total. The molecule has 2 amide bonds. The molecule has 0 bridgehead atoms. The van der Waals surface area contributed by atoms with Crippen molar-refractivity contribution in [2.24, 2.45) is 0 Å². The molecule has 1 aliphatic carbocycles. The van der Waals surface area contributed by atoms with Crippen molar-refractivity contribution >= 4 is 34.3 Å². The lowest BCUT2D eigenvalue weighted by molar-refractivity contribution is -0.134. The highest BCUT2D eigenvalue weighted by molar-refractivity contribution is 7.09. The van der Waals surface area contributed by atoms with E-state index in [-0.39, 0.29) is 17.9 Å². The van der Waals surface area contributed by atoms with E-state index in [9.17, 15) is 9.59 Å². The Labute approximate surface area is 179 Å². The van der Waals surface area contributed by atoms with Crippen molar-refractivity contribution in [1.82, 2.24) is 14.8 Å². The van der Waals surface area contributed by atoms with Gasteiger partial charge in [0, 0.05) is 23.1 Å². The highest BCUT2D eigenvalue weighted by Gasteiger charge is 2.48. The molecule has 0 radical (unpaired) electrons. The first kappa shape index (κ1) is 19.4. The molecule has 30 heavy (non-hydrogen) atoms. The zero-order valence-electron chi connectivity index (χ0n) is 17.2. The molecule has 4 heterocycles.